The van der Waals surface area contributed by atoms with Gasteiger partial charge in [0, 0.05) is 0 Å². The molecule has 0 atom stereocenters. The van der Waals surface area contributed by atoms with Crippen LogP contribution in [0.4, 0.5) is 0 Å². The molecule has 0 aliphatic carbocycles. The standard InChI is InChI=1S/C20H34O3Si4.C17H50O6Si7.3C10H30O3Si4.C8H24O2Si3/c1-24(2,3)21-26(7,8)23-27(22-25(4,5)6,19-15-11-9-12-16-19)20-17-13-10-14-18-20;1-24(2,3)19-27(10,11)18-17-30(16,22-28(12,13)20-25(4,5)6)23-29(14,15)21-26(7,8)9;3*1-14(2,3)11-16(7,8)13-17(9,10)12-15(4,5)6;1-11(2,3)9-13(7,8)10-12(4,5)6/h9-18H,1-8H3;17H2,1-16H3;3*1-10H3;1-8H3. The molecule has 0 aromatic heterocycles. The summed E-state index contributed by atoms with van der Waals surface area (Å²) in [5, 5.41) is 2.30. The maximum Gasteiger partial charge on any atom is 0.388 e. The van der Waals surface area contributed by atoms with Crippen molar-refractivity contribution in [1.82, 2.24) is 0 Å². The molecule has 0 amide bonds. The van der Waals surface area contributed by atoms with Crippen LogP contribution >= 0.6 is 0 Å². The average molecular weight is 2150 g/mol. The van der Waals surface area contributed by atoms with Gasteiger partial charge in [0.25, 0.3) is 0 Å². The summed E-state index contributed by atoms with van der Waals surface area (Å²) in [5.41, 5.74) is 0. The lowest BCUT2D eigenvalue weighted by Gasteiger charge is -2.43. The third kappa shape index (κ3) is 78.2. The van der Waals surface area contributed by atoms with Gasteiger partial charge in [0.1, 0.15) is 0 Å². The first-order chi connectivity index (χ1) is 51.9. The van der Waals surface area contributed by atoms with Crippen molar-refractivity contribution in [1.29, 1.82) is 0 Å². The third-order valence-corrected chi connectivity index (χ3v) is 95.7. The first-order valence-corrected chi connectivity index (χ1v) is 124. The van der Waals surface area contributed by atoms with E-state index in [-0.39, 0.29) is 0 Å². The highest BCUT2D eigenvalue weighted by Gasteiger charge is 2.54. The molecule has 0 aliphatic rings. The van der Waals surface area contributed by atoms with Gasteiger partial charge in [-0.3, -0.25) is 0 Å². The predicted molar refractivity (Wildman–Crippen MR) is 592 cm³/mol. The van der Waals surface area contributed by atoms with Gasteiger partial charge in [0.2, 0.25) is 0 Å². The second-order valence-corrected chi connectivity index (χ2v) is 156. The van der Waals surface area contributed by atoms with Crippen LogP contribution in [0, 0.1) is 0 Å². The van der Waals surface area contributed by atoms with Crippen LogP contribution < -0.4 is 10.4 Å². The van der Waals surface area contributed by atoms with Crippen molar-refractivity contribution in [3.63, 3.8) is 0 Å². The van der Waals surface area contributed by atoms with Gasteiger partial charge < -0.3 is 82.6 Å². The van der Waals surface area contributed by atoms with Crippen molar-refractivity contribution in [2.75, 3.05) is 6.23 Å². The van der Waals surface area contributed by atoms with Gasteiger partial charge in [0.05, 0.1) is 6.23 Å². The molecule has 20 nitrogen and oxygen atoms in total. The van der Waals surface area contributed by atoms with Crippen LogP contribution in [0.3, 0.4) is 0 Å². The maximum atomic E-state index is 7.05. The van der Waals surface area contributed by atoms with Crippen LogP contribution in [-0.4, -0.2) is 226 Å². The molecule has 0 spiro atoms. The quantitative estimate of drug-likeness (QED) is 0.0570. The van der Waals surface area contributed by atoms with E-state index in [0.29, 0.717) is 6.23 Å². The van der Waals surface area contributed by atoms with Crippen molar-refractivity contribution in [3.05, 3.63) is 60.7 Å². The molecule has 0 saturated heterocycles. The smallest absolute Gasteiger partial charge is 0.388 e. The van der Waals surface area contributed by atoms with Gasteiger partial charge in [-0.05, 0) is 416 Å². The minimum absolute atomic E-state index is 0.438. The highest BCUT2D eigenvalue weighted by Crippen LogP contribution is 2.33. The summed E-state index contributed by atoms with van der Waals surface area (Å²) in [5.74, 6) is 0. The molecule has 0 unspecified atom stereocenters. The van der Waals surface area contributed by atoms with E-state index in [4.69, 9.17) is 82.6 Å². The molecule has 121 heavy (non-hydrogen) atoms. The van der Waals surface area contributed by atoms with Gasteiger partial charge >= 0.3 is 111 Å². The van der Waals surface area contributed by atoms with Crippen molar-refractivity contribution >= 4 is 230 Å². The first-order valence-electron chi connectivity index (χ1n) is 43.9. The van der Waals surface area contributed by atoms with Crippen LogP contribution in [0.25, 0.3) is 0 Å². The molecule has 0 saturated carbocycles. The monoisotopic (exact) mass is 2150 g/mol. The number of hydrogen-bond donors (Lipinski definition) is 0. The van der Waals surface area contributed by atoms with Gasteiger partial charge in [-0.2, -0.15) is 0 Å². The molecular weight excluding hydrogens is 1950 g/mol. The van der Waals surface area contributed by atoms with E-state index in [1.807, 2.05) is 12.1 Å². The topological polar surface area (TPSA) is 185 Å². The summed E-state index contributed by atoms with van der Waals surface area (Å²) in [6.45, 7) is 135. The zero-order chi connectivity index (χ0) is 98.1. The summed E-state index contributed by atoms with van der Waals surface area (Å²) in [6.07, 6.45) is 0.438. The Hall–Kier alpha value is 3.28. The van der Waals surface area contributed by atoms with Gasteiger partial charge in [-0.25, -0.2) is 0 Å². The minimum atomic E-state index is -2.90. The van der Waals surface area contributed by atoms with Gasteiger partial charge in [0.15, 0.2) is 108 Å². The lowest BCUT2D eigenvalue weighted by Crippen LogP contribution is -2.71. The summed E-state index contributed by atoms with van der Waals surface area (Å²) in [6, 6.07) is 21.0. The molecule has 0 fully saturated rings. The van der Waals surface area contributed by atoms with Crippen LogP contribution in [-0.2, 0) is 82.6 Å². The molecule has 46 heteroatoms. The van der Waals surface area contributed by atoms with E-state index < -0.39 is 219 Å². The van der Waals surface area contributed by atoms with Gasteiger partial charge in [-0.15, -0.1) is 0 Å². The Labute approximate surface area is 777 Å². The Balaban J connectivity index is -0.000000696. The van der Waals surface area contributed by atoms with Crippen LogP contribution in [0.1, 0.15) is 0 Å². The largest absolute Gasteiger partial charge is 0.437 e. The summed E-state index contributed by atoms with van der Waals surface area (Å²) < 4.78 is 128. The molecule has 0 N–H and O–H groups in total. The van der Waals surface area contributed by atoms with Crippen molar-refractivity contribution < 1.29 is 82.6 Å². The number of rotatable bonds is 43. The van der Waals surface area contributed by atoms with Crippen LogP contribution in [0.2, 0.25) is 406 Å². The lowest BCUT2D eigenvalue weighted by molar-refractivity contribution is 0.223. The molecule has 0 bridgehead atoms. The van der Waals surface area contributed by atoms with E-state index in [1.165, 1.54) is 0 Å². The summed E-state index contributed by atoms with van der Waals surface area (Å²) in [7, 11) is -50.2. The van der Waals surface area contributed by atoms with Crippen LogP contribution in [0.15, 0.2) is 60.7 Å². The molecule has 2 aromatic rings. The molecule has 0 radical (unpaired) electrons. The van der Waals surface area contributed by atoms with Gasteiger partial charge in [-0.1, -0.05) is 60.7 Å². The highest BCUT2D eigenvalue weighted by atomic mass is 28.5. The Morgan fingerprint density at radius 1 is 0.140 bits per heavy atom. The molecular formula is C75H198O20Si26. The predicted octanol–water partition coefficient (Wildman–Crippen LogP) is 26.7. The van der Waals surface area contributed by atoms with Crippen molar-refractivity contribution in [3.8, 4) is 0 Å². The molecule has 2 aromatic carbocycles. The third-order valence-electron chi connectivity index (χ3n) is 12.9. The van der Waals surface area contributed by atoms with E-state index >= 15 is 0 Å². The van der Waals surface area contributed by atoms with Crippen molar-refractivity contribution in [2.45, 2.75) is 406 Å². The lowest BCUT2D eigenvalue weighted by atomic mass is 10.4. The van der Waals surface area contributed by atoms with E-state index in [1.54, 1.807) is 0 Å². The Morgan fingerprint density at radius 3 is 0.430 bits per heavy atom. The Morgan fingerprint density at radius 2 is 0.273 bits per heavy atom. The summed E-state index contributed by atoms with van der Waals surface area (Å²) >= 11 is 0. The summed E-state index contributed by atoms with van der Waals surface area (Å²) in [4.78, 5) is 0. The molecule has 722 valence electrons. The molecule has 2 rings (SSSR count). The normalized spacial score (nSPS) is 14.9. The Kier molecular flexibility index (Phi) is 51.6. The SMILES string of the molecule is C[Si](C)(C)O[Si](C)(C)OC[Si](C)(O[Si](C)(C)O[Si](C)(C)C)O[Si](C)(C)O[Si](C)(C)C.C[Si](C)(C)O[Si](C)(C)O[Si](C)(C)C.C[Si](C)(C)O[Si](C)(C)O[Si](C)(C)O[Si](C)(C)C.C[Si](C)(C)O[Si](C)(C)O[Si](C)(C)O[Si](C)(C)C.C[Si](C)(C)O[Si](C)(C)O[Si](C)(C)O[Si](C)(C)C.C[Si](C)(C)O[Si](C)(C)O[Si](O[Si](C)(C)C)(c1ccccc1)c1ccccc1. The fraction of sp³-hybridized carbons (Fsp3) is 0.840. The Bertz CT molecular complexity index is 2960. The zero-order valence-corrected chi connectivity index (χ0v) is 117. The highest BCUT2D eigenvalue weighted by molar-refractivity contribution is 7.03. The van der Waals surface area contributed by atoms with Crippen molar-refractivity contribution in [2.24, 2.45) is 0 Å². The molecule has 0 heterocycles. The number of hydrogen-bond acceptors (Lipinski definition) is 20. The second-order valence-electron chi connectivity index (χ2n) is 49.6. The zero-order valence-electron chi connectivity index (χ0n) is 90.6. The van der Waals surface area contributed by atoms with E-state index in [2.05, 4.69) is 454 Å². The fourth-order valence-corrected chi connectivity index (χ4v) is 127. The average Bonchev–Trinajstić information content (AvgIpc) is 0.755. The second kappa shape index (κ2) is 47.8. The molecule has 0 aliphatic heterocycles. The van der Waals surface area contributed by atoms with Crippen LogP contribution in [0.5, 0.6) is 0 Å². The maximum absolute atomic E-state index is 7.05. The minimum Gasteiger partial charge on any atom is -0.437 e. The number of benzene rings is 2. The van der Waals surface area contributed by atoms with E-state index in [0.717, 1.165) is 10.4 Å². The first kappa shape index (κ1) is 131. The van der Waals surface area contributed by atoms with E-state index in [9.17, 15) is 0 Å². The fourth-order valence-electron chi connectivity index (χ4n) is 14.8.